The van der Waals surface area contributed by atoms with Crippen molar-refractivity contribution in [1.82, 2.24) is 0 Å². The molecule has 0 bridgehead atoms. The maximum absolute atomic E-state index is 12.3. The van der Waals surface area contributed by atoms with E-state index in [1.165, 1.54) is 13.0 Å². The van der Waals surface area contributed by atoms with Gasteiger partial charge in [-0.15, -0.1) is 12.8 Å². The van der Waals surface area contributed by atoms with Crippen molar-refractivity contribution >= 4 is 0 Å². The SMILES string of the molecule is C#C.Cc1c(CN)cccc1C(F)(F)F. The second-order valence-corrected chi connectivity index (χ2v) is 2.79. The third-order valence-corrected chi connectivity index (χ3v) is 1.97. The molecule has 0 aliphatic rings. The quantitative estimate of drug-likeness (QED) is 0.716. The maximum Gasteiger partial charge on any atom is 0.416 e. The normalized spacial score (nSPS) is 10.3. The zero-order chi connectivity index (χ0) is 12.1. The van der Waals surface area contributed by atoms with Crippen molar-refractivity contribution in [2.45, 2.75) is 19.6 Å². The number of nitrogens with two attached hydrogens (primary N) is 1. The Bertz CT molecular complexity index is 339. The molecule has 0 aromatic heterocycles. The van der Waals surface area contributed by atoms with E-state index in [1.54, 1.807) is 6.07 Å². The molecule has 0 radical (unpaired) electrons. The Morgan fingerprint density at radius 1 is 1.27 bits per heavy atom. The van der Waals surface area contributed by atoms with Gasteiger partial charge in [0.2, 0.25) is 0 Å². The monoisotopic (exact) mass is 215 g/mol. The number of hydrogen-bond donors (Lipinski definition) is 1. The Labute approximate surface area is 87.1 Å². The molecule has 0 amide bonds. The van der Waals surface area contributed by atoms with Crippen LogP contribution in [0.5, 0.6) is 0 Å². The molecule has 0 aliphatic heterocycles. The van der Waals surface area contributed by atoms with E-state index < -0.39 is 11.7 Å². The lowest BCUT2D eigenvalue weighted by Crippen LogP contribution is -2.10. The number of rotatable bonds is 1. The van der Waals surface area contributed by atoms with Crippen LogP contribution in [0.25, 0.3) is 0 Å². The molecule has 1 aromatic carbocycles. The van der Waals surface area contributed by atoms with Gasteiger partial charge in [-0.1, -0.05) is 12.1 Å². The lowest BCUT2D eigenvalue weighted by molar-refractivity contribution is -0.138. The molecule has 0 aliphatic carbocycles. The molecule has 1 nitrogen and oxygen atoms in total. The van der Waals surface area contributed by atoms with Crippen molar-refractivity contribution in [1.29, 1.82) is 0 Å². The number of terminal acetylenes is 1. The minimum Gasteiger partial charge on any atom is -0.326 e. The third-order valence-electron chi connectivity index (χ3n) is 1.97. The van der Waals surface area contributed by atoms with Crippen molar-refractivity contribution < 1.29 is 13.2 Å². The Hall–Kier alpha value is -1.47. The van der Waals surface area contributed by atoms with Crippen LogP contribution in [0.15, 0.2) is 18.2 Å². The van der Waals surface area contributed by atoms with Gasteiger partial charge in [0, 0.05) is 6.54 Å². The van der Waals surface area contributed by atoms with E-state index in [0.717, 1.165) is 6.07 Å². The van der Waals surface area contributed by atoms with Gasteiger partial charge in [0.1, 0.15) is 0 Å². The van der Waals surface area contributed by atoms with Crippen LogP contribution in [0.1, 0.15) is 16.7 Å². The zero-order valence-electron chi connectivity index (χ0n) is 8.31. The predicted octanol–water partition coefficient (Wildman–Crippen LogP) is 2.72. The Kier molecular flexibility index (Phi) is 4.89. The molecule has 2 N–H and O–H groups in total. The summed E-state index contributed by atoms with van der Waals surface area (Å²) in [4.78, 5) is 0. The summed E-state index contributed by atoms with van der Waals surface area (Å²) >= 11 is 0. The summed E-state index contributed by atoms with van der Waals surface area (Å²) in [5.74, 6) is 0. The van der Waals surface area contributed by atoms with Crippen LogP contribution in [0, 0.1) is 19.8 Å². The first-order valence-electron chi connectivity index (χ1n) is 4.16. The Morgan fingerprint density at radius 2 is 1.80 bits per heavy atom. The molecule has 15 heavy (non-hydrogen) atoms. The van der Waals surface area contributed by atoms with E-state index in [-0.39, 0.29) is 12.1 Å². The van der Waals surface area contributed by atoms with E-state index in [1.807, 2.05) is 0 Å². The van der Waals surface area contributed by atoms with Crippen molar-refractivity contribution in [3.05, 3.63) is 34.9 Å². The largest absolute Gasteiger partial charge is 0.416 e. The molecular formula is C11H12F3N. The minimum absolute atomic E-state index is 0.135. The molecule has 1 aromatic rings. The fourth-order valence-electron chi connectivity index (χ4n) is 1.21. The molecule has 0 saturated carbocycles. The Balaban J connectivity index is 0.000000921. The van der Waals surface area contributed by atoms with E-state index in [0.29, 0.717) is 5.56 Å². The van der Waals surface area contributed by atoms with Crippen LogP contribution in [-0.4, -0.2) is 0 Å². The standard InChI is InChI=1S/C9H10F3N.C2H2/c1-6-7(5-13)3-2-4-8(6)9(10,11)12;1-2/h2-4H,5,13H2,1H3;1-2H. The van der Waals surface area contributed by atoms with Gasteiger partial charge in [-0.2, -0.15) is 13.2 Å². The summed E-state index contributed by atoms with van der Waals surface area (Å²) in [6.07, 6.45) is 3.72. The number of hydrogen-bond acceptors (Lipinski definition) is 1. The molecule has 4 heteroatoms. The van der Waals surface area contributed by atoms with Crippen LogP contribution in [0.3, 0.4) is 0 Å². The van der Waals surface area contributed by atoms with Gasteiger partial charge < -0.3 is 5.73 Å². The first-order valence-corrected chi connectivity index (χ1v) is 4.16. The van der Waals surface area contributed by atoms with Gasteiger partial charge in [-0.25, -0.2) is 0 Å². The second-order valence-electron chi connectivity index (χ2n) is 2.79. The van der Waals surface area contributed by atoms with Crippen molar-refractivity contribution in [3.8, 4) is 12.8 Å². The van der Waals surface area contributed by atoms with Crippen molar-refractivity contribution in [2.24, 2.45) is 5.73 Å². The first kappa shape index (κ1) is 13.5. The summed E-state index contributed by atoms with van der Waals surface area (Å²) in [5, 5.41) is 0. The van der Waals surface area contributed by atoms with Gasteiger partial charge in [0.25, 0.3) is 0 Å². The molecule has 82 valence electrons. The van der Waals surface area contributed by atoms with E-state index in [9.17, 15) is 13.2 Å². The van der Waals surface area contributed by atoms with Crippen LogP contribution < -0.4 is 5.73 Å². The molecule has 1 rings (SSSR count). The maximum atomic E-state index is 12.3. The summed E-state index contributed by atoms with van der Waals surface area (Å²) in [6.45, 7) is 1.57. The highest BCUT2D eigenvalue weighted by Crippen LogP contribution is 2.32. The first-order chi connectivity index (χ1) is 6.96. The molecule has 0 spiro atoms. The smallest absolute Gasteiger partial charge is 0.326 e. The van der Waals surface area contributed by atoms with Crippen molar-refractivity contribution in [2.75, 3.05) is 0 Å². The molecule has 0 fully saturated rings. The molecule has 0 heterocycles. The minimum atomic E-state index is -4.28. The van der Waals surface area contributed by atoms with E-state index >= 15 is 0 Å². The zero-order valence-corrected chi connectivity index (χ0v) is 8.31. The number of benzene rings is 1. The number of alkyl halides is 3. The topological polar surface area (TPSA) is 26.0 Å². The molecule has 0 atom stereocenters. The van der Waals surface area contributed by atoms with Crippen LogP contribution in [0.4, 0.5) is 13.2 Å². The van der Waals surface area contributed by atoms with E-state index in [2.05, 4.69) is 12.8 Å². The number of halogens is 3. The van der Waals surface area contributed by atoms with Crippen molar-refractivity contribution in [3.63, 3.8) is 0 Å². The Morgan fingerprint density at radius 3 is 2.20 bits per heavy atom. The van der Waals surface area contributed by atoms with Crippen LogP contribution in [0.2, 0.25) is 0 Å². The van der Waals surface area contributed by atoms with E-state index in [4.69, 9.17) is 5.73 Å². The summed E-state index contributed by atoms with van der Waals surface area (Å²) in [5.41, 5.74) is 5.45. The highest BCUT2D eigenvalue weighted by Gasteiger charge is 2.32. The lowest BCUT2D eigenvalue weighted by atomic mass is 10.0. The van der Waals surface area contributed by atoms with Gasteiger partial charge in [-0.3, -0.25) is 0 Å². The van der Waals surface area contributed by atoms with Gasteiger partial charge in [0.15, 0.2) is 0 Å². The lowest BCUT2D eigenvalue weighted by Gasteiger charge is -2.12. The summed E-state index contributed by atoms with van der Waals surface area (Å²) in [7, 11) is 0. The van der Waals surface area contributed by atoms with Gasteiger partial charge in [0.05, 0.1) is 5.56 Å². The van der Waals surface area contributed by atoms with Gasteiger partial charge >= 0.3 is 6.18 Å². The summed E-state index contributed by atoms with van der Waals surface area (Å²) in [6, 6.07) is 4.04. The molecular weight excluding hydrogens is 203 g/mol. The highest BCUT2D eigenvalue weighted by atomic mass is 19.4. The predicted molar refractivity (Wildman–Crippen MR) is 54.0 cm³/mol. The third kappa shape index (κ3) is 3.30. The fraction of sp³-hybridized carbons (Fsp3) is 0.273. The second kappa shape index (κ2) is 5.42. The fourth-order valence-corrected chi connectivity index (χ4v) is 1.21. The average Bonchev–Trinajstić information content (AvgIpc) is 2.19. The highest BCUT2D eigenvalue weighted by molar-refractivity contribution is 5.35. The molecule has 0 unspecified atom stereocenters. The van der Waals surface area contributed by atoms with Crippen LogP contribution >= 0.6 is 0 Å². The summed E-state index contributed by atoms with van der Waals surface area (Å²) < 4.78 is 37.0. The molecule has 0 saturated heterocycles. The average molecular weight is 215 g/mol. The van der Waals surface area contributed by atoms with Crippen LogP contribution in [-0.2, 0) is 12.7 Å². The van der Waals surface area contributed by atoms with Gasteiger partial charge in [-0.05, 0) is 24.1 Å².